The number of nitrogens with one attached hydrogen (secondary N) is 1. The smallest absolute Gasteiger partial charge is 0.335 e. The maximum absolute atomic E-state index is 13.1. The number of rotatable bonds is 6. The van der Waals surface area contributed by atoms with Gasteiger partial charge in [0, 0.05) is 11.1 Å². The fourth-order valence-electron chi connectivity index (χ4n) is 3.57. The molecule has 0 saturated carbocycles. The van der Waals surface area contributed by atoms with E-state index in [1.54, 1.807) is 6.07 Å². The molecule has 1 aromatic heterocycles. The van der Waals surface area contributed by atoms with Crippen LogP contribution in [0.3, 0.4) is 0 Å². The van der Waals surface area contributed by atoms with E-state index in [1.165, 1.54) is 24.3 Å². The molecule has 3 aromatic rings. The van der Waals surface area contributed by atoms with Crippen LogP contribution in [0.1, 0.15) is 63.9 Å². The Bertz CT molecular complexity index is 1400. The van der Waals surface area contributed by atoms with Crippen molar-refractivity contribution in [3.05, 3.63) is 82.0 Å². The Labute approximate surface area is 205 Å². The summed E-state index contributed by atoms with van der Waals surface area (Å²) in [5, 5.41) is 9.16. The van der Waals surface area contributed by atoms with E-state index < -0.39 is 21.9 Å². The molecule has 2 N–H and O–H groups in total. The zero-order chi connectivity index (χ0) is 26.1. The molecule has 0 spiro atoms. The zero-order valence-electron chi connectivity index (χ0n) is 20.5. The van der Waals surface area contributed by atoms with Gasteiger partial charge in [0.05, 0.1) is 10.5 Å². The first-order chi connectivity index (χ1) is 16.2. The van der Waals surface area contributed by atoms with Gasteiger partial charge in [0.15, 0.2) is 0 Å². The Kier molecular flexibility index (Phi) is 7.03. The van der Waals surface area contributed by atoms with Crippen LogP contribution in [0.2, 0.25) is 0 Å². The molecule has 3 rings (SSSR count). The number of carbonyl (C=O) groups is 2. The molecule has 2 aromatic carbocycles. The van der Waals surface area contributed by atoms with Gasteiger partial charge in [-0.2, -0.15) is 0 Å². The normalized spacial score (nSPS) is 11.7. The van der Waals surface area contributed by atoms with Crippen molar-refractivity contribution in [2.24, 2.45) is 0 Å². The molecule has 9 heteroatoms. The summed E-state index contributed by atoms with van der Waals surface area (Å²) in [4.78, 5) is 28.5. The van der Waals surface area contributed by atoms with Crippen molar-refractivity contribution in [3.63, 3.8) is 0 Å². The maximum Gasteiger partial charge on any atom is 0.335 e. The fraction of sp³-hybridized carbons (Fsp3) is 0.269. The number of benzene rings is 2. The molecule has 0 radical (unpaired) electrons. The third-order valence-electron chi connectivity index (χ3n) is 5.30. The number of aromatic nitrogens is 1. The second-order valence-electron chi connectivity index (χ2n) is 9.40. The first-order valence-electron chi connectivity index (χ1n) is 10.9. The van der Waals surface area contributed by atoms with E-state index in [0.717, 1.165) is 22.8 Å². The molecule has 0 bridgehead atoms. The average molecular weight is 497 g/mol. The second kappa shape index (κ2) is 9.50. The van der Waals surface area contributed by atoms with Gasteiger partial charge in [0.25, 0.3) is 15.9 Å². The van der Waals surface area contributed by atoms with E-state index in [2.05, 4.69) is 4.98 Å². The standard InChI is InChI=1S/C26H28N2O6S/c1-15-12-16(2)22(17(3)13-15)34-24-20(10-11-21(27-24)26(4,5)6)23(29)28-35(32,33)19-9-7-8-18(14-19)25(30)31/h7-14H,1-6H3,(H,28,29)(H,30,31). The number of sulfonamides is 1. The van der Waals surface area contributed by atoms with Crippen LogP contribution >= 0.6 is 0 Å². The molecule has 184 valence electrons. The van der Waals surface area contributed by atoms with Crippen LogP contribution < -0.4 is 9.46 Å². The summed E-state index contributed by atoms with van der Waals surface area (Å²) in [6, 6.07) is 11.7. The molecule has 0 saturated heterocycles. The molecule has 0 fully saturated rings. The molecule has 0 unspecified atom stereocenters. The van der Waals surface area contributed by atoms with Crippen molar-refractivity contribution < 1.29 is 27.9 Å². The Hall–Kier alpha value is -3.72. The van der Waals surface area contributed by atoms with Gasteiger partial charge in [0.2, 0.25) is 5.88 Å². The van der Waals surface area contributed by atoms with Crippen LogP contribution in [0.5, 0.6) is 11.6 Å². The minimum Gasteiger partial charge on any atom is -0.478 e. The predicted molar refractivity (Wildman–Crippen MR) is 132 cm³/mol. The number of ether oxygens (including phenoxy) is 1. The van der Waals surface area contributed by atoms with E-state index in [9.17, 15) is 18.0 Å². The molecule has 0 aliphatic heterocycles. The van der Waals surface area contributed by atoms with Crippen LogP contribution in [0.15, 0.2) is 53.4 Å². The summed E-state index contributed by atoms with van der Waals surface area (Å²) in [7, 11) is -4.36. The summed E-state index contributed by atoms with van der Waals surface area (Å²) >= 11 is 0. The number of carboxylic acids is 1. The number of carboxylic acid groups (broad SMARTS) is 1. The zero-order valence-corrected chi connectivity index (χ0v) is 21.3. The molecule has 0 aliphatic rings. The predicted octanol–water partition coefficient (Wildman–Crippen LogP) is 4.91. The summed E-state index contributed by atoms with van der Waals surface area (Å²) < 4.78 is 33.8. The van der Waals surface area contributed by atoms with Gasteiger partial charge in [-0.1, -0.05) is 44.5 Å². The van der Waals surface area contributed by atoms with Gasteiger partial charge < -0.3 is 9.84 Å². The van der Waals surface area contributed by atoms with Gasteiger partial charge in [0.1, 0.15) is 11.3 Å². The summed E-state index contributed by atoms with van der Waals surface area (Å²) in [5.74, 6) is -1.73. The van der Waals surface area contributed by atoms with Crippen LogP contribution in [-0.2, 0) is 15.4 Å². The summed E-state index contributed by atoms with van der Waals surface area (Å²) in [6.07, 6.45) is 0. The SMILES string of the molecule is Cc1cc(C)c(Oc2nc(C(C)(C)C)ccc2C(=O)NS(=O)(=O)c2cccc(C(=O)O)c2)c(C)c1. The number of hydrogen-bond acceptors (Lipinski definition) is 6. The topological polar surface area (TPSA) is 123 Å². The van der Waals surface area contributed by atoms with Crippen molar-refractivity contribution >= 4 is 21.9 Å². The van der Waals surface area contributed by atoms with Crippen molar-refractivity contribution in [2.45, 2.75) is 51.9 Å². The fourth-order valence-corrected chi connectivity index (χ4v) is 4.58. The lowest BCUT2D eigenvalue weighted by molar-refractivity contribution is 0.0696. The van der Waals surface area contributed by atoms with E-state index in [-0.39, 0.29) is 27.3 Å². The van der Waals surface area contributed by atoms with Crippen LogP contribution in [0, 0.1) is 20.8 Å². The molecule has 0 aliphatic carbocycles. The highest BCUT2D eigenvalue weighted by Gasteiger charge is 2.26. The van der Waals surface area contributed by atoms with Crippen LogP contribution in [0.25, 0.3) is 0 Å². The monoisotopic (exact) mass is 496 g/mol. The molecule has 8 nitrogen and oxygen atoms in total. The lowest BCUT2D eigenvalue weighted by Crippen LogP contribution is -2.31. The molecule has 1 heterocycles. The number of hydrogen-bond donors (Lipinski definition) is 2. The molecule has 0 atom stereocenters. The molecular formula is C26H28N2O6S. The molecular weight excluding hydrogens is 468 g/mol. The second-order valence-corrected chi connectivity index (χ2v) is 11.1. The van der Waals surface area contributed by atoms with Gasteiger partial charge in [-0.3, -0.25) is 4.79 Å². The third-order valence-corrected chi connectivity index (χ3v) is 6.62. The van der Waals surface area contributed by atoms with Crippen LogP contribution in [0.4, 0.5) is 0 Å². The highest BCUT2D eigenvalue weighted by Crippen LogP contribution is 2.33. The number of pyridine rings is 1. The number of nitrogens with zero attached hydrogens (tertiary/aromatic N) is 1. The van der Waals surface area contributed by atoms with E-state index >= 15 is 0 Å². The van der Waals surface area contributed by atoms with Gasteiger partial charge in [-0.15, -0.1) is 0 Å². The number of aromatic carboxylic acids is 1. The first kappa shape index (κ1) is 25.9. The van der Waals surface area contributed by atoms with Crippen molar-refractivity contribution in [3.8, 4) is 11.6 Å². The van der Waals surface area contributed by atoms with Gasteiger partial charge in [-0.25, -0.2) is 22.9 Å². The lowest BCUT2D eigenvalue weighted by Gasteiger charge is -2.21. The van der Waals surface area contributed by atoms with Crippen LogP contribution in [-0.4, -0.2) is 30.4 Å². The van der Waals surface area contributed by atoms with Gasteiger partial charge in [-0.05, 0) is 62.2 Å². The number of aryl methyl sites for hydroxylation is 3. The van der Waals surface area contributed by atoms with Gasteiger partial charge >= 0.3 is 5.97 Å². The maximum atomic E-state index is 13.1. The average Bonchev–Trinajstić information content (AvgIpc) is 2.75. The van der Waals surface area contributed by atoms with Crippen molar-refractivity contribution in [1.29, 1.82) is 0 Å². The van der Waals surface area contributed by atoms with E-state index in [1.807, 2.05) is 58.4 Å². The Balaban J connectivity index is 2.04. The first-order valence-corrected chi connectivity index (χ1v) is 12.3. The minimum absolute atomic E-state index is 0.0283. The highest BCUT2D eigenvalue weighted by molar-refractivity contribution is 7.90. The van der Waals surface area contributed by atoms with E-state index in [4.69, 9.17) is 9.84 Å². The Morgan fingerprint density at radius 1 is 0.971 bits per heavy atom. The lowest BCUT2D eigenvalue weighted by atomic mass is 9.91. The van der Waals surface area contributed by atoms with Crippen molar-refractivity contribution in [1.82, 2.24) is 9.71 Å². The summed E-state index contributed by atoms with van der Waals surface area (Å²) in [5.41, 5.74) is 2.75. The quantitative estimate of drug-likeness (QED) is 0.497. The molecule has 35 heavy (non-hydrogen) atoms. The Morgan fingerprint density at radius 3 is 2.17 bits per heavy atom. The Morgan fingerprint density at radius 2 is 1.60 bits per heavy atom. The number of amides is 1. The highest BCUT2D eigenvalue weighted by atomic mass is 32.2. The minimum atomic E-state index is -4.36. The van der Waals surface area contributed by atoms with E-state index in [0.29, 0.717) is 11.4 Å². The third kappa shape index (κ3) is 5.86. The number of carbonyl (C=O) groups excluding carboxylic acids is 1. The summed E-state index contributed by atoms with van der Waals surface area (Å²) in [6.45, 7) is 11.6. The molecule has 1 amide bonds. The van der Waals surface area contributed by atoms with Crippen molar-refractivity contribution in [2.75, 3.05) is 0 Å². The largest absolute Gasteiger partial charge is 0.478 e.